The zero-order chi connectivity index (χ0) is 21.1. The summed E-state index contributed by atoms with van der Waals surface area (Å²) in [5.41, 5.74) is 4.11. The average Bonchev–Trinajstić information content (AvgIpc) is 2.93. The zero-order valence-electron chi connectivity index (χ0n) is 17.5. The minimum Gasteiger partial charge on any atom is -0.448 e. The van der Waals surface area contributed by atoms with Gasteiger partial charge in [0.2, 0.25) is 0 Å². The Bertz CT molecular complexity index is 775. The molecule has 0 spiro atoms. The number of rotatable bonds is 5. The van der Waals surface area contributed by atoms with Crippen molar-refractivity contribution in [3.05, 3.63) is 34.4 Å². The molecule has 1 saturated heterocycles. The molecule has 29 heavy (non-hydrogen) atoms. The first-order valence-electron chi connectivity index (χ1n) is 10.4. The van der Waals surface area contributed by atoms with Gasteiger partial charge in [-0.2, -0.15) is 0 Å². The van der Waals surface area contributed by atoms with E-state index in [-0.39, 0.29) is 30.2 Å². The van der Waals surface area contributed by atoms with Gasteiger partial charge in [-0.15, -0.1) is 11.6 Å². The third kappa shape index (κ3) is 4.82. The smallest absolute Gasteiger partial charge is 0.409 e. The van der Waals surface area contributed by atoms with Crippen molar-refractivity contribution in [3.63, 3.8) is 0 Å². The number of likely N-dealkylation sites (tertiary alicyclic amines) is 1. The Morgan fingerprint density at radius 3 is 2.34 bits per heavy atom. The molecule has 3 rings (SSSR count). The van der Waals surface area contributed by atoms with Crippen LogP contribution in [0.4, 0.5) is 4.79 Å². The van der Waals surface area contributed by atoms with E-state index in [9.17, 15) is 14.4 Å². The molecule has 1 aliphatic carbocycles. The van der Waals surface area contributed by atoms with Gasteiger partial charge in [0.15, 0.2) is 5.78 Å². The van der Waals surface area contributed by atoms with Crippen molar-refractivity contribution in [1.29, 1.82) is 0 Å². The zero-order valence-corrected chi connectivity index (χ0v) is 18.3. The normalized spacial score (nSPS) is 23.0. The molecule has 1 aromatic carbocycles. The predicted octanol–water partition coefficient (Wildman–Crippen LogP) is 4.33. The first-order chi connectivity index (χ1) is 13.8. The number of benzene rings is 1. The van der Waals surface area contributed by atoms with Gasteiger partial charge in [0, 0.05) is 25.4 Å². The van der Waals surface area contributed by atoms with E-state index in [0.717, 1.165) is 41.5 Å². The molecule has 1 aliphatic heterocycles. The van der Waals surface area contributed by atoms with Crippen LogP contribution in [0.25, 0.3) is 0 Å². The van der Waals surface area contributed by atoms with E-state index < -0.39 is 5.92 Å². The molecule has 0 bridgehead atoms. The van der Waals surface area contributed by atoms with Crippen LogP contribution < -0.4 is 0 Å². The van der Waals surface area contributed by atoms with Gasteiger partial charge in [-0.3, -0.25) is 9.59 Å². The molecule has 1 amide bonds. The molecule has 2 unspecified atom stereocenters. The summed E-state index contributed by atoms with van der Waals surface area (Å²) in [6.07, 6.45) is 2.42. The molecule has 0 radical (unpaired) electrons. The number of amides is 1. The lowest BCUT2D eigenvalue weighted by atomic mass is 9.83. The fraction of sp³-hybridized carbons (Fsp3) is 0.609. The Morgan fingerprint density at radius 2 is 1.76 bits per heavy atom. The number of hydrogen-bond acceptors (Lipinski definition) is 4. The maximum Gasteiger partial charge on any atom is 0.409 e. The Morgan fingerprint density at radius 1 is 1.14 bits per heavy atom. The molecular formula is C23H30ClNO4. The lowest BCUT2D eigenvalue weighted by Gasteiger charge is -2.32. The minimum atomic E-state index is -0.605. The van der Waals surface area contributed by atoms with E-state index in [2.05, 4.69) is 12.1 Å². The SMILES string of the molecule is Cc1cc(C)c(C2C(=O)CC(CC3CCN(C(=O)OCCCl)CC3)C2=O)c(C)c1. The molecule has 5 nitrogen and oxygen atoms in total. The number of carbonyl (C=O) groups excluding carboxylic acids is 3. The second-order valence-corrected chi connectivity index (χ2v) is 8.86. The lowest BCUT2D eigenvalue weighted by Crippen LogP contribution is -2.39. The highest BCUT2D eigenvalue weighted by Crippen LogP contribution is 2.39. The van der Waals surface area contributed by atoms with Gasteiger partial charge in [-0.25, -0.2) is 4.79 Å². The average molecular weight is 420 g/mol. The number of piperidine rings is 1. The second-order valence-electron chi connectivity index (χ2n) is 8.48. The summed E-state index contributed by atoms with van der Waals surface area (Å²) >= 11 is 5.56. The number of alkyl halides is 1. The summed E-state index contributed by atoms with van der Waals surface area (Å²) in [5.74, 6) is -0.0290. The number of ketones is 2. The molecule has 0 N–H and O–H groups in total. The number of halogens is 1. The third-order valence-electron chi connectivity index (χ3n) is 6.28. The minimum absolute atomic E-state index is 0.0529. The van der Waals surface area contributed by atoms with E-state index in [1.807, 2.05) is 20.8 Å². The molecule has 1 heterocycles. The fourth-order valence-electron chi connectivity index (χ4n) is 4.98. The van der Waals surface area contributed by atoms with Crippen LogP contribution in [0.2, 0.25) is 0 Å². The van der Waals surface area contributed by atoms with E-state index in [0.29, 0.717) is 31.3 Å². The molecule has 2 aliphatic rings. The van der Waals surface area contributed by atoms with E-state index >= 15 is 0 Å². The number of aryl methyl sites for hydroxylation is 3. The molecular weight excluding hydrogens is 390 g/mol. The lowest BCUT2D eigenvalue weighted by molar-refractivity contribution is -0.125. The van der Waals surface area contributed by atoms with Crippen molar-refractivity contribution in [2.45, 2.75) is 52.4 Å². The largest absolute Gasteiger partial charge is 0.448 e. The van der Waals surface area contributed by atoms with Gasteiger partial charge in [-0.1, -0.05) is 17.7 Å². The molecule has 0 aromatic heterocycles. The molecule has 1 aromatic rings. The van der Waals surface area contributed by atoms with Crippen LogP contribution in [0, 0.1) is 32.6 Å². The van der Waals surface area contributed by atoms with Crippen LogP contribution in [0.5, 0.6) is 0 Å². The van der Waals surface area contributed by atoms with Crippen LogP contribution in [0.3, 0.4) is 0 Å². The van der Waals surface area contributed by atoms with Crippen molar-refractivity contribution < 1.29 is 19.1 Å². The third-order valence-corrected chi connectivity index (χ3v) is 6.43. The highest BCUT2D eigenvalue weighted by atomic mass is 35.5. The van der Waals surface area contributed by atoms with Gasteiger partial charge in [0.25, 0.3) is 0 Å². The van der Waals surface area contributed by atoms with Gasteiger partial charge in [0.05, 0.1) is 5.88 Å². The van der Waals surface area contributed by atoms with Crippen molar-refractivity contribution in [1.82, 2.24) is 4.90 Å². The van der Waals surface area contributed by atoms with Gasteiger partial charge in [-0.05, 0) is 62.6 Å². The van der Waals surface area contributed by atoms with Crippen molar-refractivity contribution >= 4 is 29.3 Å². The van der Waals surface area contributed by atoms with E-state index in [1.54, 1.807) is 4.90 Å². The molecule has 2 atom stereocenters. The van der Waals surface area contributed by atoms with E-state index in [4.69, 9.17) is 16.3 Å². The highest BCUT2D eigenvalue weighted by molar-refractivity contribution is 6.18. The molecule has 6 heteroatoms. The Labute approximate surface area is 177 Å². The summed E-state index contributed by atoms with van der Waals surface area (Å²) in [6, 6.07) is 4.10. The topological polar surface area (TPSA) is 63.7 Å². The molecule has 1 saturated carbocycles. The van der Waals surface area contributed by atoms with Crippen LogP contribution in [-0.4, -0.2) is 48.1 Å². The first kappa shape index (κ1) is 21.8. The van der Waals surface area contributed by atoms with Crippen LogP contribution in [-0.2, 0) is 14.3 Å². The number of carbonyl (C=O) groups is 3. The summed E-state index contributed by atoms with van der Waals surface area (Å²) in [7, 11) is 0. The van der Waals surface area contributed by atoms with Crippen molar-refractivity contribution in [3.8, 4) is 0 Å². The first-order valence-corrected chi connectivity index (χ1v) is 11.0. The summed E-state index contributed by atoms with van der Waals surface area (Å²) in [4.78, 5) is 39.6. The number of Topliss-reactive ketones (excluding diaryl/α,β-unsaturated/α-hetero) is 2. The van der Waals surface area contributed by atoms with E-state index in [1.165, 1.54) is 0 Å². The van der Waals surface area contributed by atoms with Crippen LogP contribution >= 0.6 is 11.6 Å². The monoisotopic (exact) mass is 419 g/mol. The maximum atomic E-state index is 13.2. The second kappa shape index (κ2) is 9.29. The fourth-order valence-corrected chi connectivity index (χ4v) is 5.05. The van der Waals surface area contributed by atoms with Gasteiger partial charge >= 0.3 is 6.09 Å². The maximum absolute atomic E-state index is 13.2. The van der Waals surface area contributed by atoms with Crippen LogP contribution in [0.15, 0.2) is 12.1 Å². The Balaban J connectivity index is 1.61. The Kier molecular flexibility index (Phi) is 6.99. The number of nitrogens with zero attached hydrogens (tertiary/aromatic N) is 1. The van der Waals surface area contributed by atoms with Crippen molar-refractivity contribution in [2.75, 3.05) is 25.6 Å². The summed E-state index contributed by atoms with van der Waals surface area (Å²) in [6.45, 7) is 7.48. The summed E-state index contributed by atoms with van der Waals surface area (Å²) in [5, 5.41) is 0. The quantitative estimate of drug-likeness (QED) is 0.526. The number of ether oxygens (including phenoxy) is 1. The number of hydrogen-bond donors (Lipinski definition) is 0. The highest BCUT2D eigenvalue weighted by Gasteiger charge is 2.44. The van der Waals surface area contributed by atoms with Gasteiger partial charge in [0.1, 0.15) is 18.3 Å². The predicted molar refractivity (Wildman–Crippen MR) is 112 cm³/mol. The Hall–Kier alpha value is -1.88. The van der Waals surface area contributed by atoms with Crippen LogP contribution in [0.1, 0.15) is 53.9 Å². The standard InChI is InChI=1S/C23H30ClNO4/c1-14-10-15(2)20(16(3)11-14)21-19(26)13-18(22(21)27)12-17-4-7-25(8-5-17)23(28)29-9-6-24/h10-11,17-18,21H,4-9,12-13H2,1-3H3. The molecule has 158 valence electrons. The molecule has 2 fully saturated rings. The van der Waals surface area contributed by atoms with Gasteiger partial charge < -0.3 is 9.64 Å². The van der Waals surface area contributed by atoms with Crippen molar-refractivity contribution in [2.24, 2.45) is 11.8 Å². The summed E-state index contributed by atoms with van der Waals surface area (Å²) < 4.78 is 5.08.